The maximum atomic E-state index is 13.9. The van der Waals surface area contributed by atoms with Gasteiger partial charge < -0.3 is 10.2 Å². The number of benzene rings is 3. The Bertz CT molecular complexity index is 1350. The first-order valence-electron chi connectivity index (χ1n) is 12.7. The van der Waals surface area contributed by atoms with E-state index in [2.05, 4.69) is 21.2 Å². The minimum Gasteiger partial charge on any atom is -0.352 e. The Hall–Kier alpha value is -3.17. The van der Waals surface area contributed by atoms with Crippen LogP contribution in [0.1, 0.15) is 38.2 Å². The Labute approximate surface area is 233 Å². The maximum absolute atomic E-state index is 13.9. The summed E-state index contributed by atoms with van der Waals surface area (Å²) in [5.41, 5.74) is 1.19. The van der Waals surface area contributed by atoms with E-state index >= 15 is 0 Å². The summed E-state index contributed by atoms with van der Waals surface area (Å²) < 4.78 is 29.3. The second-order valence-corrected chi connectivity index (χ2v) is 12.3. The number of carbonyl (C=O) groups excluding carboxylic acids is 2. The van der Waals surface area contributed by atoms with Crippen LogP contribution in [0.5, 0.6) is 0 Å². The molecule has 0 heterocycles. The molecule has 1 aliphatic carbocycles. The topological polar surface area (TPSA) is 86.8 Å². The van der Waals surface area contributed by atoms with Gasteiger partial charge in [0.2, 0.25) is 11.8 Å². The van der Waals surface area contributed by atoms with Crippen molar-refractivity contribution in [2.24, 2.45) is 0 Å². The second kappa shape index (κ2) is 12.6. The molecule has 1 N–H and O–H groups in total. The molecule has 1 saturated carbocycles. The highest BCUT2D eigenvalue weighted by Crippen LogP contribution is 2.27. The van der Waals surface area contributed by atoms with Crippen molar-refractivity contribution in [3.63, 3.8) is 0 Å². The molecule has 0 radical (unpaired) electrons. The molecule has 1 atom stereocenters. The Morgan fingerprint density at radius 3 is 2.21 bits per heavy atom. The highest BCUT2D eigenvalue weighted by atomic mass is 79.9. The highest BCUT2D eigenvalue weighted by Gasteiger charge is 2.33. The molecule has 1 fully saturated rings. The van der Waals surface area contributed by atoms with Crippen molar-refractivity contribution in [1.82, 2.24) is 10.2 Å². The first kappa shape index (κ1) is 27.9. The van der Waals surface area contributed by atoms with Crippen LogP contribution in [0.25, 0.3) is 0 Å². The van der Waals surface area contributed by atoms with Gasteiger partial charge >= 0.3 is 0 Å². The summed E-state index contributed by atoms with van der Waals surface area (Å²) in [6, 6.07) is 23.6. The molecule has 0 saturated heterocycles. The van der Waals surface area contributed by atoms with E-state index in [0.717, 1.165) is 35.6 Å². The molecule has 4 rings (SSSR count). The number of nitrogens with zero attached hydrogens (tertiary/aromatic N) is 2. The predicted molar refractivity (Wildman–Crippen MR) is 152 cm³/mol. The van der Waals surface area contributed by atoms with Crippen molar-refractivity contribution in [1.29, 1.82) is 0 Å². The van der Waals surface area contributed by atoms with Crippen LogP contribution in [-0.2, 0) is 26.2 Å². The molecule has 200 valence electrons. The highest BCUT2D eigenvalue weighted by molar-refractivity contribution is 9.10. The molecular weight excluding hydrogens is 566 g/mol. The quantitative estimate of drug-likeness (QED) is 0.351. The average Bonchev–Trinajstić information content (AvgIpc) is 3.44. The summed E-state index contributed by atoms with van der Waals surface area (Å²) >= 11 is 3.41. The average molecular weight is 599 g/mol. The van der Waals surface area contributed by atoms with Crippen LogP contribution in [0.2, 0.25) is 0 Å². The molecule has 0 unspecified atom stereocenters. The SMILES string of the molecule is C[C@@H](C(=O)NC1CCCC1)N(Cc1ccccc1)C(=O)CN(c1cccc(Br)c1)S(=O)(=O)c1ccccc1. The van der Waals surface area contributed by atoms with Gasteiger partial charge in [0.1, 0.15) is 12.6 Å². The number of carbonyl (C=O) groups is 2. The normalized spacial score (nSPS) is 14.6. The van der Waals surface area contributed by atoms with Crippen LogP contribution in [0.15, 0.2) is 94.3 Å². The molecule has 7 nitrogen and oxygen atoms in total. The number of rotatable bonds is 10. The van der Waals surface area contributed by atoms with Gasteiger partial charge in [-0.2, -0.15) is 0 Å². The lowest BCUT2D eigenvalue weighted by Crippen LogP contribution is -2.52. The first-order chi connectivity index (χ1) is 18.3. The zero-order valence-electron chi connectivity index (χ0n) is 21.3. The molecule has 3 aromatic carbocycles. The molecule has 0 spiro atoms. The molecular formula is C29H32BrN3O4S. The predicted octanol–water partition coefficient (Wildman–Crippen LogP) is 5.12. The number of amides is 2. The van der Waals surface area contributed by atoms with Crippen LogP contribution in [0.3, 0.4) is 0 Å². The summed E-state index contributed by atoms with van der Waals surface area (Å²) in [6.45, 7) is 1.42. The van der Waals surface area contributed by atoms with E-state index < -0.39 is 28.5 Å². The van der Waals surface area contributed by atoms with Gasteiger partial charge in [-0.25, -0.2) is 8.42 Å². The summed E-state index contributed by atoms with van der Waals surface area (Å²) in [5, 5.41) is 3.08. The largest absolute Gasteiger partial charge is 0.352 e. The van der Waals surface area contributed by atoms with Gasteiger partial charge in [-0.05, 0) is 55.7 Å². The van der Waals surface area contributed by atoms with Gasteiger partial charge in [0.25, 0.3) is 10.0 Å². The van der Waals surface area contributed by atoms with Crippen molar-refractivity contribution in [3.8, 4) is 0 Å². The van der Waals surface area contributed by atoms with Crippen molar-refractivity contribution in [2.45, 2.75) is 56.1 Å². The molecule has 0 bridgehead atoms. The summed E-state index contributed by atoms with van der Waals surface area (Å²) in [5.74, 6) is -0.705. The number of halogens is 1. The van der Waals surface area contributed by atoms with Crippen LogP contribution < -0.4 is 9.62 Å². The van der Waals surface area contributed by atoms with Gasteiger partial charge in [-0.3, -0.25) is 13.9 Å². The van der Waals surface area contributed by atoms with Crippen LogP contribution in [0.4, 0.5) is 5.69 Å². The minimum absolute atomic E-state index is 0.0782. The molecule has 38 heavy (non-hydrogen) atoms. The van der Waals surface area contributed by atoms with Gasteiger partial charge in [-0.1, -0.05) is 83.4 Å². The van der Waals surface area contributed by atoms with E-state index in [4.69, 9.17) is 0 Å². The summed E-state index contributed by atoms with van der Waals surface area (Å²) in [4.78, 5) is 28.7. The molecule has 0 aromatic heterocycles. The van der Waals surface area contributed by atoms with Crippen LogP contribution >= 0.6 is 15.9 Å². The molecule has 9 heteroatoms. The zero-order valence-corrected chi connectivity index (χ0v) is 23.7. The fourth-order valence-corrected chi connectivity index (χ4v) is 6.45. The molecule has 3 aromatic rings. The number of hydrogen-bond donors (Lipinski definition) is 1. The number of anilines is 1. The Morgan fingerprint density at radius 2 is 1.58 bits per heavy atom. The maximum Gasteiger partial charge on any atom is 0.264 e. The lowest BCUT2D eigenvalue weighted by atomic mass is 10.1. The lowest BCUT2D eigenvalue weighted by molar-refractivity contribution is -0.139. The van der Waals surface area contributed by atoms with Crippen LogP contribution in [-0.4, -0.2) is 43.8 Å². The number of hydrogen-bond acceptors (Lipinski definition) is 4. The van der Waals surface area contributed by atoms with E-state index in [0.29, 0.717) is 10.2 Å². The van der Waals surface area contributed by atoms with Gasteiger partial charge in [-0.15, -0.1) is 0 Å². The lowest BCUT2D eigenvalue weighted by Gasteiger charge is -2.32. The number of sulfonamides is 1. The summed E-state index contributed by atoms with van der Waals surface area (Å²) in [7, 11) is -4.07. The van der Waals surface area contributed by atoms with E-state index in [1.54, 1.807) is 49.4 Å². The first-order valence-corrected chi connectivity index (χ1v) is 15.0. The summed E-state index contributed by atoms with van der Waals surface area (Å²) in [6.07, 6.45) is 4.00. The van der Waals surface area contributed by atoms with Crippen LogP contribution in [0, 0.1) is 0 Å². The second-order valence-electron chi connectivity index (χ2n) is 9.48. The smallest absolute Gasteiger partial charge is 0.264 e. The van der Waals surface area contributed by atoms with E-state index in [9.17, 15) is 18.0 Å². The molecule has 2 amide bonds. The van der Waals surface area contributed by atoms with Gasteiger partial charge in [0.15, 0.2) is 0 Å². The third kappa shape index (κ3) is 6.82. The van der Waals surface area contributed by atoms with Gasteiger partial charge in [0, 0.05) is 17.1 Å². The standard InChI is InChI=1S/C29H32BrN3O4S/c1-22(29(35)31-25-14-8-9-15-25)32(20-23-11-4-2-5-12-23)28(34)21-33(26-16-10-13-24(30)19-26)38(36,37)27-17-6-3-7-18-27/h2-7,10-13,16-19,22,25H,8-9,14-15,20-21H2,1H3,(H,31,35)/t22-/m0/s1. The Kier molecular flexibility index (Phi) is 9.22. The fraction of sp³-hybridized carbons (Fsp3) is 0.310. The van der Waals surface area contributed by atoms with Crippen molar-refractivity contribution in [2.75, 3.05) is 10.8 Å². The molecule has 1 aliphatic rings. The minimum atomic E-state index is -4.07. The zero-order chi connectivity index (χ0) is 27.1. The number of nitrogens with one attached hydrogen (secondary N) is 1. The van der Waals surface area contributed by atoms with Crippen molar-refractivity contribution >= 4 is 43.5 Å². The van der Waals surface area contributed by atoms with Crippen molar-refractivity contribution < 1.29 is 18.0 Å². The van der Waals surface area contributed by atoms with Gasteiger partial charge in [0.05, 0.1) is 10.6 Å². The Morgan fingerprint density at radius 1 is 0.947 bits per heavy atom. The Balaban J connectivity index is 1.66. The van der Waals surface area contributed by atoms with E-state index in [-0.39, 0.29) is 23.4 Å². The monoisotopic (exact) mass is 597 g/mol. The van der Waals surface area contributed by atoms with E-state index in [1.165, 1.54) is 17.0 Å². The molecule has 0 aliphatic heterocycles. The third-order valence-corrected chi connectivity index (χ3v) is 9.05. The third-order valence-electron chi connectivity index (χ3n) is 6.77. The fourth-order valence-electron chi connectivity index (χ4n) is 4.63. The van der Waals surface area contributed by atoms with Crippen molar-refractivity contribution in [3.05, 3.63) is 95.0 Å². The van der Waals surface area contributed by atoms with E-state index in [1.807, 2.05) is 30.3 Å².